The summed E-state index contributed by atoms with van der Waals surface area (Å²) >= 11 is 0. The minimum Gasteiger partial charge on any atom is -0.199 e. The lowest BCUT2D eigenvalue weighted by molar-refractivity contribution is 0.0850. The van der Waals surface area contributed by atoms with E-state index in [-0.39, 0.29) is 6.29 Å². The van der Waals surface area contributed by atoms with Crippen LogP contribution in [0.1, 0.15) is 19.8 Å². The van der Waals surface area contributed by atoms with Crippen LogP contribution in [-0.2, 0) is 9.78 Å². The molecule has 1 saturated heterocycles. The van der Waals surface area contributed by atoms with E-state index in [0.717, 1.165) is 12.8 Å². The fourth-order valence-corrected chi connectivity index (χ4v) is 0.371. The van der Waals surface area contributed by atoms with Crippen molar-refractivity contribution in [3.05, 3.63) is 0 Å². The second kappa shape index (κ2) is 1.58. The van der Waals surface area contributed by atoms with E-state index in [1.54, 1.807) is 0 Å². The summed E-state index contributed by atoms with van der Waals surface area (Å²) in [5.74, 6) is 0. The van der Waals surface area contributed by atoms with E-state index >= 15 is 0 Å². The minimum atomic E-state index is 0.148. The Hall–Kier alpha value is -0.0800. The molecule has 0 saturated carbocycles. The second-order valence-corrected chi connectivity index (χ2v) is 1.41. The Morgan fingerprint density at radius 1 is 1.50 bits per heavy atom. The fraction of sp³-hybridized carbons (Fsp3) is 1.00. The molecule has 0 spiro atoms. The van der Waals surface area contributed by atoms with Gasteiger partial charge in [-0.05, 0) is 0 Å². The van der Waals surface area contributed by atoms with Crippen molar-refractivity contribution in [3.63, 3.8) is 0 Å². The molecule has 0 atom stereocenters. The topological polar surface area (TPSA) is 25.1 Å². The third kappa shape index (κ3) is 0.954. The number of rotatable bonds is 2. The van der Waals surface area contributed by atoms with Gasteiger partial charge in [-0.2, -0.15) is 9.78 Å². The van der Waals surface area contributed by atoms with Crippen LogP contribution in [0.15, 0.2) is 0 Å². The third-order valence-electron chi connectivity index (χ3n) is 0.757. The van der Waals surface area contributed by atoms with E-state index < -0.39 is 0 Å². The van der Waals surface area contributed by atoms with E-state index in [0.29, 0.717) is 0 Å². The van der Waals surface area contributed by atoms with Gasteiger partial charge in [-0.25, -0.2) is 0 Å². The quantitative estimate of drug-likeness (QED) is 0.372. The summed E-state index contributed by atoms with van der Waals surface area (Å²) in [6, 6.07) is 0. The van der Waals surface area contributed by atoms with Gasteiger partial charge in [0, 0.05) is 6.42 Å². The maximum atomic E-state index is 4.45. The summed E-state index contributed by atoms with van der Waals surface area (Å²) in [4.78, 5) is 8.90. The van der Waals surface area contributed by atoms with Crippen LogP contribution in [0, 0.1) is 0 Å². The van der Waals surface area contributed by atoms with Crippen LogP contribution in [0.25, 0.3) is 0 Å². The first-order valence-electron chi connectivity index (χ1n) is 2.25. The highest BCUT2D eigenvalue weighted by Crippen LogP contribution is 2.16. The molecule has 1 fully saturated rings. The van der Waals surface area contributed by atoms with Crippen molar-refractivity contribution in [3.8, 4) is 0 Å². The molecule has 0 aromatic heterocycles. The van der Waals surface area contributed by atoms with E-state index in [1.165, 1.54) is 0 Å². The molecule has 2 heteroatoms. The predicted octanol–water partition coefficient (Wildman–Crippen LogP) is 1.07. The van der Waals surface area contributed by atoms with Gasteiger partial charge >= 0.3 is 0 Å². The Balaban J connectivity index is 1.88. The van der Waals surface area contributed by atoms with Gasteiger partial charge in [0.1, 0.15) is 0 Å². The fourth-order valence-electron chi connectivity index (χ4n) is 0.371. The summed E-state index contributed by atoms with van der Waals surface area (Å²) < 4.78 is 0. The van der Waals surface area contributed by atoms with Gasteiger partial charge < -0.3 is 0 Å². The van der Waals surface area contributed by atoms with Crippen LogP contribution in [-0.4, -0.2) is 6.29 Å². The van der Waals surface area contributed by atoms with Crippen molar-refractivity contribution >= 4 is 0 Å². The van der Waals surface area contributed by atoms with E-state index in [1.807, 2.05) is 0 Å². The number of hydrogen-bond donors (Lipinski definition) is 0. The number of hydrogen-bond acceptors (Lipinski definition) is 2. The molecule has 0 aromatic carbocycles. The highest BCUT2D eigenvalue weighted by molar-refractivity contribution is 4.42. The van der Waals surface area contributed by atoms with Crippen molar-refractivity contribution in [1.82, 2.24) is 0 Å². The molecule has 2 nitrogen and oxygen atoms in total. The molecule has 1 aliphatic heterocycles. The Kier molecular flexibility index (Phi) is 1.08. The summed E-state index contributed by atoms with van der Waals surface area (Å²) in [6.45, 7) is 2.10. The first-order chi connectivity index (χ1) is 2.93. The van der Waals surface area contributed by atoms with Gasteiger partial charge in [0.25, 0.3) is 0 Å². The Morgan fingerprint density at radius 2 is 2.17 bits per heavy atom. The Morgan fingerprint density at radius 3 is 2.33 bits per heavy atom. The lowest BCUT2D eigenvalue weighted by Gasteiger charge is -1.75. The minimum absolute atomic E-state index is 0.148. The predicted molar refractivity (Wildman–Crippen MR) is 20.9 cm³/mol. The molecule has 0 bridgehead atoms. The van der Waals surface area contributed by atoms with Crippen molar-refractivity contribution < 1.29 is 9.78 Å². The Labute approximate surface area is 37.0 Å². The van der Waals surface area contributed by atoms with Crippen LogP contribution < -0.4 is 0 Å². The zero-order valence-corrected chi connectivity index (χ0v) is 3.81. The highest BCUT2D eigenvalue weighted by atomic mass is 17.4. The normalized spacial score (nSPS) is 21.5. The smallest absolute Gasteiger partial charge is 0.199 e. The lowest BCUT2D eigenvalue weighted by Crippen LogP contribution is -1.77. The SMILES string of the molecule is CCCC1OO1. The summed E-state index contributed by atoms with van der Waals surface area (Å²) in [5.41, 5.74) is 0. The molecule has 0 radical (unpaired) electrons. The maximum absolute atomic E-state index is 4.45. The maximum Gasteiger partial charge on any atom is 0.224 e. The average Bonchev–Trinajstić information content (AvgIpc) is 2.21. The molecule has 0 amide bonds. The van der Waals surface area contributed by atoms with Gasteiger partial charge in [0.05, 0.1) is 0 Å². The summed E-state index contributed by atoms with van der Waals surface area (Å²) in [5, 5.41) is 0. The van der Waals surface area contributed by atoms with Gasteiger partial charge in [-0.1, -0.05) is 13.3 Å². The Bertz CT molecular complexity index is 40.8. The molecular formula is C4H8O2. The van der Waals surface area contributed by atoms with Crippen molar-refractivity contribution in [2.75, 3.05) is 0 Å². The highest BCUT2D eigenvalue weighted by Gasteiger charge is 2.23. The molecule has 0 aliphatic carbocycles. The van der Waals surface area contributed by atoms with Crippen LogP contribution in [0.4, 0.5) is 0 Å². The molecular weight excluding hydrogens is 80.0 g/mol. The largest absolute Gasteiger partial charge is 0.224 e. The molecule has 0 aromatic rings. The zero-order chi connectivity index (χ0) is 4.41. The zero-order valence-electron chi connectivity index (χ0n) is 3.81. The first kappa shape index (κ1) is 4.09. The first-order valence-corrected chi connectivity index (χ1v) is 2.25. The molecule has 36 valence electrons. The van der Waals surface area contributed by atoms with Gasteiger partial charge in [0.15, 0.2) is 0 Å². The van der Waals surface area contributed by atoms with Crippen molar-refractivity contribution in [2.45, 2.75) is 26.1 Å². The molecule has 6 heavy (non-hydrogen) atoms. The van der Waals surface area contributed by atoms with Crippen LogP contribution in [0.2, 0.25) is 0 Å². The van der Waals surface area contributed by atoms with Crippen LogP contribution in [0.3, 0.4) is 0 Å². The van der Waals surface area contributed by atoms with Gasteiger partial charge in [0.2, 0.25) is 6.29 Å². The molecule has 0 unspecified atom stereocenters. The van der Waals surface area contributed by atoms with Crippen LogP contribution >= 0.6 is 0 Å². The third-order valence-corrected chi connectivity index (χ3v) is 0.757. The van der Waals surface area contributed by atoms with E-state index in [9.17, 15) is 0 Å². The standard InChI is InChI=1S/C4H8O2/c1-2-3-4-5-6-4/h4H,2-3H2,1H3. The average molecular weight is 88.1 g/mol. The monoisotopic (exact) mass is 88.1 g/mol. The van der Waals surface area contributed by atoms with Crippen molar-refractivity contribution in [2.24, 2.45) is 0 Å². The molecule has 1 rings (SSSR count). The summed E-state index contributed by atoms with van der Waals surface area (Å²) in [7, 11) is 0. The van der Waals surface area contributed by atoms with Gasteiger partial charge in [-0.3, -0.25) is 0 Å². The van der Waals surface area contributed by atoms with Gasteiger partial charge in [-0.15, -0.1) is 0 Å². The molecule has 0 N–H and O–H groups in total. The van der Waals surface area contributed by atoms with E-state index in [4.69, 9.17) is 0 Å². The van der Waals surface area contributed by atoms with Crippen molar-refractivity contribution in [1.29, 1.82) is 0 Å². The molecule has 1 heterocycles. The van der Waals surface area contributed by atoms with E-state index in [2.05, 4.69) is 16.7 Å². The lowest BCUT2D eigenvalue weighted by atomic mass is 10.3. The second-order valence-electron chi connectivity index (χ2n) is 1.41. The van der Waals surface area contributed by atoms with Crippen LogP contribution in [0.5, 0.6) is 0 Å². The molecule has 1 aliphatic rings. The summed E-state index contributed by atoms with van der Waals surface area (Å²) in [6.07, 6.45) is 2.33.